The zero-order valence-electron chi connectivity index (χ0n) is 79.4. The summed E-state index contributed by atoms with van der Waals surface area (Å²) in [5.41, 5.74) is 29.4. The number of benzene rings is 19. The lowest BCUT2D eigenvalue weighted by Gasteiger charge is -2.23. The van der Waals surface area contributed by atoms with Crippen LogP contribution in [0.4, 0.5) is 0 Å². The van der Waals surface area contributed by atoms with Crippen LogP contribution in [-0.2, 0) is 0 Å². The third-order valence-corrected chi connectivity index (χ3v) is 41.5. The molecule has 3 aliphatic rings. The Morgan fingerprint density at radius 3 is 0.931 bits per heavy atom. The largest absolute Gasteiger partial charge is 0.278 e. The lowest BCUT2D eigenvalue weighted by molar-refractivity contribution is 0.935. The van der Waals surface area contributed by atoms with Gasteiger partial charge in [-0.3, -0.25) is 13.7 Å². The number of aromatic nitrogens is 10. The van der Waals surface area contributed by atoms with Gasteiger partial charge in [-0.2, -0.15) is 9.97 Å². The highest BCUT2D eigenvalue weighted by molar-refractivity contribution is 7.67. The first-order valence-electron chi connectivity index (χ1n) is 49.7. The lowest BCUT2D eigenvalue weighted by Crippen LogP contribution is -2.52. The van der Waals surface area contributed by atoms with Crippen molar-refractivity contribution in [3.63, 3.8) is 0 Å². The van der Waals surface area contributed by atoms with Crippen LogP contribution in [0, 0.1) is 0 Å². The van der Waals surface area contributed by atoms with Crippen LogP contribution in [0.1, 0.15) is 12.8 Å². The molecule has 1 saturated heterocycles. The van der Waals surface area contributed by atoms with Crippen molar-refractivity contribution in [1.29, 1.82) is 0 Å². The molecule has 13 heteroatoms. The number of fused-ring (bicyclic) bond motifs is 20. The van der Waals surface area contributed by atoms with Gasteiger partial charge in [-0.15, -0.1) is 0 Å². The van der Waals surface area contributed by atoms with Crippen LogP contribution < -0.4 is 20.7 Å². The maximum Gasteiger partial charge on any atom is 0.238 e. The minimum atomic E-state index is -1.70. The predicted molar refractivity (Wildman–Crippen MR) is 606 cm³/mol. The van der Waals surface area contributed by atoms with E-state index in [-0.39, 0.29) is 0 Å². The van der Waals surface area contributed by atoms with Gasteiger partial charge in [0.1, 0.15) is 16.1 Å². The van der Waals surface area contributed by atoms with Gasteiger partial charge >= 0.3 is 0 Å². The molecule has 26 aromatic rings. The first-order chi connectivity index (χ1) is 71.1. The standard InChI is InChI=1S/C46H30N3P.C43H32N4Si.C42H31N3Si/c1-4-14-31(15-5-1)40-30-41(32-16-6-2-7-17-32)48-46(47-40)49-42-22-12-10-20-36(42)38-28-33(24-26-43(38)49)34-25-27-45-39(29-34)37-21-11-13-23-44(37)50(45)35-18-8-3-9-19-35;1-3-13-29(14-4-1)41-44-42(30-15-5-2-6-16-30)46-43(45-41)47-37-19-9-7-17-33(37)35-27-31(21-23-38(35)47)32-22-24-40-36(28-32)34-18-8-10-20-39(34)48(40)25-11-12-26-48;1-46(2)40-20-12-10-18-33(40)35-26-31(22-24-41(35)46)30-21-23-39-34(25-30)32-17-9-11-19-38(32)45(39)42-43-36(28-13-5-3-6-14-28)27-37(44-42)29-15-7-4-8-16-29/h1-30H;1-10,13-24,27-28H,11-12,25-26H2;3-27H,1-2H3. The Morgan fingerprint density at radius 1 is 0.201 bits per heavy atom. The highest BCUT2D eigenvalue weighted by atomic mass is 31.1. The molecule has 10 nitrogen and oxygen atoms in total. The van der Waals surface area contributed by atoms with Gasteiger partial charge in [0.15, 0.2) is 11.6 Å². The van der Waals surface area contributed by atoms with E-state index in [9.17, 15) is 0 Å². The normalized spacial score (nSPS) is 13.2. The highest BCUT2D eigenvalue weighted by Crippen LogP contribution is 2.56. The maximum absolute atomic E-state index is 5.20. The van der Waals surface area contributed by atoms with Crippen molar-refractivity contribution in [3.8, 4) is 147 Å². The minimum absolute atomic E-state index is 0.584. The zero-order valence-corrected chi connectivity index (χ0v) is 82.3. The second-order valence-corrected chi connectivity index (χ2v) is 49.3. The van der Waals surface area contributed by atoms with Gasteiger partial charge in [0.25, 0.3) is 0 Å². The summed E-state index contributed by atoms with van der Waals surface area (Å²) in [5, 5.41) is 20.4. The molecule has 1 unspecified atom stereocenters. The molecule has 1 fully saturated rings. The summed E-state index contributed by atoms with van der Waals surface area (Å²) in [7, 11) is -3.91. The second kappa shape index (κ2) is 35.4. The van der Waals surface area contributed by atoms with Crippen LogP contribution in [0.25, 0.3) is 233 Å². The summed E-state index contributed by atoms with van der Waals surface area (Å²) in [5.74, 6) is 3.25. The third kappa shape index (κ3) is 14.7. The van der Waals surface area contributed by atoms with Crippen LogP contribution in [0.15, 0.2) is 479 Å². The Kier molecular flexibility index (Phi) is 21.0. The van der Waals surface area contributed by atoms with Gasteiger partial charge in [0.2, 0.25) is 17.8 Å². The van der Waals surface area contributed by atoms with E-state index >= 15 is 0 Å². The van der Waals surface area contributed by atoms with Gasteiger partial charge in [0, 0.05) is 75.9 Å². The summed E-state index contributed by atoms with van der Waals surface area (Å²) in [6.45, 7) is 4.94. The van der Waals surface area contributed by atoms with Gasteiger partial charge in [0.05, 0.1) is 55.9 Å². The van der Waals surface area contributed by atoms with E-state index < -0.39 is 23.7 Å². The number of rotatable bonds is 13. The molecule has 1 spiro atoms. The summed E-state index contributed by atoms with van der Waals surface area (Å²) in [4.78, 5) is 35.9. The van der Waals surface area contributed by atoms with Gasteiger partial charge in [-0.1, -0.05) is 422 Å². The molecule has 0 N–H and O–H groups in total. The smallest absolute Gasteiger partial charge is 0.238 e. The molecule has 0 saturated carbocycles. The average Bonchev–Trinajstić information content (AvgIpc) is 1.54. The number of hydrogen-bond donors (Lipinski definition) is 0. The Bertz CT molecular complexity index is 9380. The average molecular weight is 1890 g/mol. The van der Waals surface area contributed by atoms with Crippen LogP contribution >= 0.6 is 7.53 Å². The summed E-state index contributed by atoms with van der Waals surface area (Å²) in [6, 6.07) is 175. The summed E-state index contributed by atoms with van der Waals surface area (Å²) < 4.78 is 6.64. The Balaban J connectivity index is 0.000000108. The molecule has 680 valence electrons. The number of nitrogens with zero attached hydrogens (tertiary/aromatic N) is 10. The van der Waals surface area contributed by atoms with Crippen LogP contribution in [0.5, 0.6) is 0 Å². The topological polar surface area (TPSA) is 105 Å². The molecule has 10 heterocycles. The quantitative estimate of drug-likeness (QED) is 0.106. The van der Waals surface area contributed by atoms with Gasteiger partial charge in [-0.25, -0.2) is 24.9 Å². The highest BCUT2D eigenvalue weighted by Gasteiger charge is 2.47. The third-order valence-electron chi connectivity index (χ3n) is 30.0. The fraction of sp³-hybridized carbons (Fsp3) is 0.0458. The first kappa shape index (κ1) is 85.7. The van der Waals surface area contributed by atoms with Gasteiger partial charge < -0.3 is 0 Å². The molecule has 0 amide bonds. The van der Waals surface area contributed by atoms with E-state index in [2.05, 4.69) is 445 Å². The van der Waals surface area contributed by atoms with E-state index in [0.29, 0.717) is 29.5 Å². The van der Waals surface area contributed by atoms with E-state index in [1.165, 1.54) is 150 Å². The Hall–Kier alpha value is -17.5. The molecular formula is C131H93N10PSi2. The fourth-order valence-electron chi connectivity index (χ4n) is 23.2. The van der Waals surface area contributed by atoms with E-state index in [1.54, 1.807) is 10.4 Å². The predicted octanol–water partition coefficient (Wildman–Crippen LogP) is 31.5. The fourth-order valence-corrected chi connectivity index (χ4v) is 34.4. The SMILES string of the molecule is C[Si]1(C)c2ccccc2-c2cc(-c3ccc4c(c3)c3ccccc3n4-c3nc(-c4ccccc4)cc(-c4ccccc4)n3)ccc21.c1ccc(-c2cc(-c3ccccc3)nc(-n3c4ccccc4c4cc(-c5ccc6c(c5)c5ccccc5p6-c5ccccc5)ccc43)n2)cc1.c1ccc(-c2nc(-c3ccccc3)nc(-n3c4ccccc4c4cc(-c5ccc6c(c5)-c5ccccc5[Si]65CCCC5)ccc43)n2)cc1. The monoisotopic (exact) mass is 1890 g/mol. The molecule has 0 bridgehead atoms. The maximum atomic E-state index is 5.20. The van der Waals surface area contributed by atoms with Crippen molar-refractivity contribution in [2.45, 2.75) is 38.0 Å². The molecule has 7 aromatic heterocycles. The molecule has 0 radical (unpaired) electrons. The van der Waals surface area contributed by atoms with Crippen LogP contribution in [0.2, 0.25) is 25.2 Å². The molecule has 0 aliphatic carbocycles. The van der Waals surface area contributed by atoms with Crippen molar-refractivity contribution >= 4 is 131 Å². The van der Waals surface area contributed by atoms with E-state index in [1.807, 2.05) is 60.7 Å². The Morgan fingerprint density at radius 2 is 0.493 bits per heavy atom. The van der Waals surface area contributed by atoms with Crippen LogP contribution in [0.3, 0.4) is 0 Å². The van der Waals surface area contributed by atoms with Crippen molar-refractivity contribution < 1.29 is 0 Å². The second-order valence-electron chi connectivity index (χ2n) is 38.6. The van der Waals surface area contributed by atoms with Crippen molar-refractivity contribution in [1.82, 2.24) is 48.6 Å². The zero-order chi connectivity index (χ0) is 95.5. The van der Waals surface area contributed by atoms with Crippen LogP contribution in [-0.4, -0.2) is 64.7 Å². The Labute approximate surface area is 837 Å². The molecule has 3 aliphatic heterocycles. The molecule has 19 aromatic carbocycles. The molecule has 1 atom stereocenters. The van der Waals surface area contributed by atoms with Crippen molar-refractivity contribution in [3.05, 3.63) is 479 Å². The van der Waals surface area contributed by atoms with Gasteiger partial charge in [-0.05, 0) is 196 Å². The number of hydrogen-bond acceptors (Lipinski definition) is 7. The van der Waals surface area contributed by atoms with E-state index in [4.69, 9.17) is 34.9 Å². The van der Waals surface area contributed by atoms with E-state index in [0.717, 1.165) is 89.3 Å². The molecular weight excluding hydrogens is 1800 g/mol. The van der Waals surface area contributed by atoms with Crippen molar-refractivity contribution in [2.75, 3.05) is 0 Å². The lowest BCUT2D eigenvalue weighted by atomic mass is 9.98. The number of para-hydroxylation sites is 3. The summed E-state index contributed by atoms with van der Waals surface area (Å²) in [6.07, 6.45) is 2.73. The minimum Gasteiger partial charge on any atom is -0.278 e. The summed E-state index contributed by atoms with van der Waals surface area (Å²) >= 11 is 0. The first-order valence-corrected chi connectivity index (χ1v) is 56.4. The molecule has 144 heavy (non-hydrogen) atoms. The van der Waals surface area contributed by atoms with Crippen molar-refractivity contribution in [2.24, 2.45) is 0 Å². The molecule has 29 rings (SSSR count).